The molecule has 2 fully saturated rings. The highest BCUT2D eigenvalue weighted by molar-refractivity contribution is 7.90. The molecule has 2 aromatic carbocycles. The zero-order valence-corrected chi connectivity index (χ0v) is 24.9. The van der Waals surface area contributed by atoms with Crippen molar-refractivity contribution in [2.24, 2.45) is 5.92 Å². The minimum atomic E-state index is -3.25. The first-order valence-electron chi connectivity index (χ1n) is 14.9. The maximum Gasteiger partial charge on any atom is 0.227 e. The summed E-state index contributed by atoms with van der Waals surface area (Å²) < 4.78 is 23.4. The van der Waals surface area contributed by atoms with E-state index in [4.69, 9.17) is 0 Å². The summed E-state index contributed by atoms with van der Waals surface area (Å²) in [7, 11) is -3.25. The molecule has 1 unspecified atom stereocenters. The molecule has 8 heteroatoms. The van der Waals surface area contributed by atoms with Crippen molar-refractivity contribution in [1.29, 1.82) is 0 Å². The fourth-order valence-corrected chi connectivity index (χ4v) is 6.90. The van der Waals surface area contributed by atoms with Gasteiger partial charge in [-0.2, -0.15) is 0 Å². The van der Waals surface area contributed by atoms with Crippen LogP contribution in [0.25, 0.3) is 0 Å². The molecule has 0 radical (unpaired) electrons. The summed E-state index contributed by atoms with van der Waals surface area (Å²) in [5.74, 6) is 0.788. The number of hydrogen-bond acceptors (Lipinski definition) is 5. The Morgan fingerprint density at radius 1 is 0.975 bits per heavy atom. The van der Waals surface area contributed by atoms with E-state index < -0.39 is 9.84 Å². The van der Waals surface area contributed by atoms with Crippen LogP contribution in [0.5, 0.6) is 0 Å². The van der Waals surface area contributed by atoms with Crippen LogP contribution in [0.2, 0.25) is 0 Å². The largest absolute Gasteiger partial charge is 0.349 e. The van der Waals surface area contributed by atoms with Gasteiger partial charge in [-0.3, -0.25) is 9.59 Å². The molecule has 2 aromatic rings. The van der Waals surface area contributed by atoms with Gasteiger partial charge >= 0.3 is 0 Å². The Kier molecular flexibility index (Phi) is 10.8. The van der Waals surface area contributed by atoms with Gasteiger partial charge in [0.1, 0.15) is 0 Å². The molecule has 0 bridgehead atoms. The predicted molar refractivity (Wildman–Crippen MR) is 159 cm³/mol. The molecular weight excluding hydrogens is 522 g/mol. The molecule has 2 amide bonds. The van der Waals surface area contributed by atoms with Crippen LogP contribution in [0.1, 0.15) is 75.5 Å². The number of sulfone groups is 1. The zero-order valence-electron chi connectivity index (χ0n) is 24.1. The molecule has 1 atom stereocenters. The number of benzene rings is 2. The molecule has 2 aliphatic rings. The number of piperidine rings is 1. The average molecular weight is 568 g/mol. The van der Waals surface area contributed by atoms with Gasteiger partial charge in [0.15, 0.2) is 9.84 Å². The Bertz CT molecular complexity index is 1200. The van der Waals surface area contributed by atoms with Crippen LogP contribution < -0.4 is 5.32 Å². The van der Waals surface area contributed by atoms with Gasteiger partial charge in [0.25, 0.3) is 0 Å². The van der Waals surface area contributed by atoms with E-state index in [-0.39, 0.29) is 35.2 Å². The fraction of sp³-hybridized carbons (Fsp3) is 0.562. The molecule has 1 N–H and O–H groups in total. The summed E-state index contributed by atoms with van der Waals surface area (Å²) in [5.41, 5.74) is 1.99. The Morgan fingerprint density at radius 2 is 1.62 bits per heavy atom. The lowest BCUT2D eigenvalue weighted by atomic mass is 9.99. The van der Waals surface area contributed by atoms with Crippen LogP contribution >= 0.6 is 0 Å². The third-order valence-electron chi connectivity index (χ3n) is 8.59. The number of nitrogens with zero attached hydrogens (tertiary/aromatic N) is 2. The number of rotatable bonds is 12. The van der Waals surface area contributed by atoms with Gasteiger partial charge in [0, 0.05) is 44.9 Å². The van der Waals surface area contributed by atoms with Gasteiger partial charge in [-0.1, -0.05) is 55.3 Å². The number of likely N-dealkylation sites (N-methyl/N-ethyl adjacent to an activating group) is 1. The van der Waals surface area contributed by atoms with E-state index >= 15 is 0 Å². The quantitative estimate of drug-likeness (QED) is 0.399. The van der Waals surface area contributed by atoms with Gasteiger partial charge in [-0.25, -0.2) is 8.42 Å². The van der Waals surface area contributed by atoms with Gasteiger partial charge in [0.05, 0.1) is 17.4 Å². The van der Waals surface area contributed by atoms with E-state index in [1.807, 2.05) is 30.0 Å². The van der Waals surface area contributed by atoms with Crippen LogP contribution in [0.15, 0.2) is 59.5 Å². The Morgan fingerprint density at radius 3 is 2.23 bits per heavy atom. The molecule has 1 aliphatic carbocycles. The summed E-state index contributed by atoms with van der Waals surface area (Å²) in [5, 5.41) is 3.33. The third kappa shape index (κ3) is 8.64. The molecule has 218 valence electrons. The standard InChI is InChI=1S/C32H45N3O4S/c1-3-35(32(37)24-26-13-15-29(16-14-26)40(2,38)39)28-17-20-34(21-18-28)22-19-30(27-11-5-4-6-12-27)33-31(36)23-25-9-7-8-10-25/h4-6,11-16,25,28,30H,3,7-10,17-24H2,1-2H3,(H,33,36). The Balaban J connectivity index is 1.27. The minimum Gasteiger partial charge on any atom is -0.349 e. The van der Waals surface area contributed by atoms with E-state index in [9.17, 15) is 18.0 Å². The predicted octanol–water partition coefficient (Wildman–Crippen LogP) is 4.77. The normalized spacial score (nSPS) is 17.9. The molecule has 1 aliphatic heterocycles. The van der Waals surface area contributed by atoms with Crippen molar-refractivity contribution in [3.63, 3.8) is 0 Å². The summed E-state index contributed by atoms with van der Waals surface area (Å²) >= 11 is 0. The Labute approximate surface area is 240 Å². The molecule has 7 nitrogen and oxygen atoms in total. The lowest BCUT2D eigenvalue weighted by molar-refractivity contribution is -0.133. The zero-order chi connectivity index (χ0) is 28.5. The van der Waals surface area contributed by atoms with E-state index in [1.54, 1.807) is 24.3 Å². The summed E-state index contributed by atoms with van der Waals surface area (Å²) in [6.07, 6.45) is 9.65. The first-order chi connectivity index (χ1) is 19.2. The first-order valence-corrected chi connectivity index (χ1v) is 16.8. The van der Waals surface area contributed by atoms with Crippen LogP contribution in [-0.2, 0) is 25.8 Å². The van der Waals surface area contributed by atoms with Crippen LogP contribution in [0, 0.1) is 5.92 Å². The summed E-state index contributed by atoms with van der Waals surface area (Å²) in [6.45, 7) is 5.44. The van der Waals surface area contributed by atoms with Gasteiger partial charge in [-0.15, -0.1) is 0 Å². The highest BCUT2D eigenvalue weighted by atomic mass is 32.2. The van der Waals surface area contributed by atoms with E-state index in [1.165, 1.54) is 31.9 Å². The van der Waals surface area contributed by atoms with Crippen LogP contribution in [-0.4, -0.2) is 68.5 Å². The van der Waals surface area contributed by atoms with Crippen LogP contribution in [0.3, 0.4) is 0 Å². The van der Waals surface area contributed by atoms with Gasteiger partial charge in [-0.05, 0) is 68.2 Å². The van der Waals surface area contributed by atoms with Crippen molar-refractivity contribution >= 4 is 21.7 Å². The Hall–Kier alpha value is -2.71. The molecule has 1 saturated heterocycles. The van der Waals surface area contributed by atoms with Gasteiger partial charge < -0.3 is 15.1 Å². The van der Waals surface area contributed by atoms with Crippen molar-refractivity contribution < 1.29 is 18.0 Å². The van der Waals surface area contributed by atoms with Crippen molar-refractivity contribution in [1.82, 2.24) is 15.1 Å². The van der Waals surface area contributed by atoms with Crippen molar-refractivity contribution in [2.75, 3.05) is 32.4 Å². The second-order valence-electron chi connectivity index (χ2n) is 11.5. The molecular formula is C32H45N3O4S. The second-order valence-corrected chi connectivity index (χ2v) is 13.5. The lowest BCUT2D eigenvalue weighted by Gasteiger charge is -2.38. The monoisotopic (exact) mass is 567 g/mol. The highest BCUT2D eigenvalue weighted by Crippen LogP contribution is 2.28. The lowest BCUT2D eigenvalue weighted by Crippen LogP contribution is -2.48. The molecule has 40 heavy (non-hydrogen) atoms. The number of carbonyl (C=O) groups excluding carboxylic acids is 2. The number of carbonyl (C=O) groups is 2. The molecule has 0 aromatic heterocycles. The molecule has 4 rings (SSSR count). The van der Waals surface area contributed by atoms with E-state index in [0.717, 1.165) is 50.0 Å². The number of amides is 2. The second kappa shape index (κ2) is 14.3. The first kappa shape index (κ1) is 30.3. The number of likely N-dealkylation sites (tertiary alicyclic amines) is 1. The summed E-state index contributed by atoms with van der Waals surface area (Å²) in [6, 6.07) is 17.1. The topological polar surface area (TPSA) is 86.8 Å². The summed E-state index contributed by atoms with van der Waals surface area (Å²) in [4.78, 5) is 30.7. The maximum absolute atomic E-state index is 13.2. The average Bonchev–Trinajstić information content (AvgIpc) is 3.45. The molecule has 1 saturated carbocycles. The van der Waals surface area contributed by atoms with Gasteiger partial charge in [0.2, 0.25) is 11.8 Å². The van der Waals surface area contributed by atoms with Crippen molar-refractivity contribution in [2.45, 2.75) is 81.7 Å². The number of hydrogen-bond donors (Lipinski definition) is 1. The maximum atomic E-state index is 13.2. The van der Waals surface area contributed by atoms with Crippen molar-refractivity contribution in [3.8, 4) is 0 Å². The molecule has 1 heterocycles. The fourth-order valence-electron chi connectivity index (χ4n) is 6.27. The van der Waals surface area contributed by atoms with Crippen molar-refractivity contribution in [3.05, 3.63) is 65.7 Å². The van der Waals surface area contributed by atoms with E-state index in [2.05, 4.69) is 22.3 Å². The SMILES string of the molecule is CCN(C(=O)Cc1ccc(S(C)(=O)=O)cc1)C1CCN(CCC(NC(=O)CC2CCCC2)c2ccccc2)CC1. The third-order valence-corrected chi connectivity index (χ3v) is 9.71. The molecule has 0 spiro atoms. The minimum absolute atomic E-state index is 0.00984. The smallest absolute Gasteiger partial charge is 0.227 e. The van der Waals surface area contributed by atoms with Crippen LogP contribution in [0.4, 0.5) is 0 Å². The number of nitrogens with one attached hydrogen (secondary N) is 1. The highest BCUT2D eigenvalue weighted by Gasteiger charge is 2.28. The van der Waals surface area contributed by atoms with E-state index in [0.29, 0.717) is 18.9 Å².